The van der Waals surface area contributed by atoms with Crippen LogP contribution in [-0.4, -0.2) is 9.78 Å². The Morgan fingerprint density at radius 1 is 1.00 bits per heavy atom. The van der Waals surface area contributed by atoms with E-state index in [4.69, 9.17) is 0 Å². The number of hydrogen-bond donors (Lipinski definition) is 0. The Hall–Kier alpha value is -1.70. The topological polar surface area (TPSA) is 17.8 Å². The first kappa shape index (κ1) is 13.7. The van der Waals surface area contributed by atoms with Gasteiger partial charge < -0.3 is 0 Å². The number of nitrogens with zero attached hydrogens (tertiary/aromatic N) is 2. The number of rotatable bonds is 2. The maximum Gasteiger partial charge on any atom is 0.0955 e. The summed E-state index contributed by atoms with van der Waals surface area (Å²) in [6.45, 7) is 2.08. The number of para-hydroxylation sites is 1. The predicted octanol–water partition coefficient (Wildman–Crippen LogP) is 3.65. The zero-order valence-corrected chi connectivity index (χ0v) is 12.9. The molecule has 0 saturated carbocycles. The molecule has 2 aromatic carbocycles. The van der Waals surface area contributed by atoms with E-state index in [1.54, 1.807) is 0 Å². The molecule has 0 unspecified atom stereocenters. The van der Waals surface area contributed by atoms with Crippen molar-refractivity contribution in [1.29, 1.82) is 0 Å². The molecule has 0 spiro atoms. The third kappa shape index (κ3) is 2.83. The van der Waals surface area contributed by atoms with E-state index in [0.29, 0.717) is 0 Å². The summed E-state index contributed by atoms with van der Waals surface area (Å²) in [5.74, 6) is 0. The second-order valence-electron chi connectivity index (χ2n) is 4.22. The van der Waals surface area contributed by atoms with Crippen molar-refractivity contribution in [1.82, 2.24) is 9.78 Å². The largest absolute Gasteiger partial charge is 0.265 e. The molecule has 0 amide bonds. The van der Waals surface area contributed by atoms with E-state index in [-0.39, 0.29) is 20.1 Å². The van der Waals surface area contributed by atoms with E-state index in [1.807, 2.05) is 53.3 Å². The van der Waals surface area contributed by atoms with Crippen LogP contribution >= 0.6 is 0 Å². The van der Waals surface area contributed by atoms with Crippen molar-refractivity contribution in [3.8, 4) is 16.9 Å². The van der Waals surface area contributed by atoms with Crippen LogP contribution in [0, 0.1) is 13.0 Å². The van der Waals surface area contributed by atoms with Crippen LogP contribution in [0.5, 0.6) is 0 Å². The molecule has 97 valence electrons. The molecule has 3 aromatic rings. The first-order chi connectivity index (χ1) is 8.84. The molecule has 3 heteroatoms. The van der Waals surface area contributed by atoms with Crippen molar-refractivity contribution in [2.24, 2.45) is 0 Å². The first-order valence-electron chi connectivity index (χ1n) is 5.93. The summed E-state index contributed by atoms with van der Waals surface area (Å²) in [5, 5.41) is 4.64. The minimum atomic E-state index is 0. The molecule has 2 nitrogen and oxygen atoms in total. The van der Waals surface area contributed by atoms with E-state index < -0.39 is 0 Å². The molecule has 19 heavy (non-hydrogen) atoms. The smallest absolute Gasteiger partial charge is 0.0955 e. The molecular weight excluding hydrogens is 412 g/mol. The fraction of sp³-hybridized carbons (Fsp3) is 0.0625. The molecular formula is C16H13IrN2-. The molecule has 0 aliphatic carbocycles. The summed E-state index contributed by atoms with van der Waals surface area (Å²) in [7, 11) is 0. The maximum atomic E-state index is 4.64. The average molecular weight is 426 g/mol. The number of aryl methyl sites for hydroxylation is 1. The fourth-order valence-electron chi connectivity index (χ4n) is 1.99. The van der Waals surface area contributed by atoms with E-state index in [2.05, 4.69) is 30.2 Å². The number of aromatic nitrogens is 2. The second-order valence-corrected chi connectivity index (χ2v) is 4.22. The molecule has 0 aliphatic rings. The summed E-state index contributed by atoms with van der Waals surface area (Å²) >= 11 is 0. The van der Waals surface area contributed by atoms with Crippen LogP contribution in [0.3, 0.4) is 0 Å². The molecule has 1 heterocycles. The van der Waals surface area contributed by atoms with Gasteiger partial charge in [-0.15, -0.1) is 6.07 Å². The van der Waals surface area contributed by atoms with Gasteiger partial charge in [0.2, 0.25) is 0 Å². The summed E-state index contributed by atoms with van der Waals surface area (Å²) in [6, 6.07) is 21.3. The molecule has 0 saturated heterocycles. The summed E-state index contributed by atoms with van der Waals surface area (Å²) in [6.07, 6.45) is 2.04. The third-order valence-electron chi connectivity index (χ3n) is 2.88. The molecule has 0 bridgehead atoms. The van der Waals surface area contributed by atoms with Gasteiger partial charge >= 0.3 is 0 Å². The quantitative estimate of drug-likeness (QED) is 0.573. The van der Waals surface area contributed by atoms with Gasteiger partial charge in [0.05, 0.1) is 5.69 Å². The molecule has 1 aromatic heterocycles. The third-order valence-corrected chi connectivity index (χ3v) is 2.88. The van der Waals surface area contributed by atoms with E-state index in [0.717, 1.165) is 16.9 Å². The normalized spacial score (nSPS) is 9.95. The van der Waals surface area contributed by atoms with Gasteiger partial charge in [-0.3, -0.25) is 4.68 Å². The Morgan fingerprint density at radius 2 is 1.74 bits per heavy atom. The maximum absolute atomic E-state index is 4.64. The van der Waals surface area contributed by atoms with Gasteiger partial charge in [-0.05, 0) is 18.2 Å². The standard InChI is InChI=1S/C16H13N2.Ir/c1-13-12-18(15-10-6-3-7-11-15)17-16(13)14-8-4-2-5-9-14;/h2-10,12H,1H3;/q-1;. The Morgan fingerprint density at radius 3 is 2.42 bits per heavy atom. The summed E-state index contributed by atoms with van der Waals surface area (Å²) < 4.78 is 1.87. The fourth-order valence-corrected chi connectivity index (χ4v) is 1.99. The Bertz CT molecular complexity index is 645. The SMILES string of the molecule is Cc1cn(-c2[c-]cccc2)nc1-c1ccccc1.[Ir]. The van der Waals surface area contributed by atoms with Crippen LogP contribution in [0.4, 0.5) is 0 Å². The van der Waals surface area contributed by atoms with Crippen molar-refractivity contribution < 1.29 is 20.1 Å². The Kier molecular flexibility index (Phi) is 4.31. The molecule has 0 aliphatic heterocycles. The Labute approximate surface area is 126 Å². The summed E-state index contributed by atoms with van der Waals surface area (Å²) in [5.41, 5.74) is 4.29. The zero-order valence-electron chi connectivity index (χ0n) is 10.5. The Balaban J connectivity index is 0.00000133. The van der Waals surface area contributed by atoms with Gasteiger partial charge in [-0.1, -0.05) is 30.3 Å². The van der Waals surface area contributed by atoms with Gasteiger partial charge in [0, 0.05) is 31.9 Å². The molecule has 0 atom stereocenters. The van der Waals surface area contributed by atoms with Gasteiger partial charge in [-0.25, -0.2) is 0 Å². The van der Waals surface area contributed by atoms with Crippen LogP contribution in [0.1, 0.15) is 5.56 Å². The van der Waals surface area contributed by atoms with Gasteiger partial charge in [0.15, 0.2) is 0 Å². The van der Waals surface area contributed by atoms with Gasteiger partial charge in [0.25, 0.3) is 0 Å². The van der Waals surface area contributed by atoms with Gasteiger partial charge in [0.1, 0.15) is 0 Å². The van der Waals surface area contributed by atoms with Crippen LogP contribution < -0.4 is 0 Å². The molecule has 3 rings (SSSR count). The number of benzene rings is 2. The van der Waals surface area contributed by atoms with Crippen LogP contribution in [0.2, 0.25) is 0 Å². The second kappa shape index (κ2) is 5.96. The minimum absolute atomic E-state index is 0. The van der Waals surface area contributed by atoms with Crippen molar-refractivity contribution in [2.45, 2.75) is 6.92 Å². The van der Waals surface area contributed by atoms with Crippen molar-refractivity contribution >= 4 is 0 Å². The monoisotopic (exact) mass is 426 g/mol. The van der Waals surface area contributed by atoms with E-state index >= 15 is 0 Å². The van der Waals surface area contributed by atoms with Gasteiger partial charge in [-0.2, -0.15) is 29.4 Å². The number of hydrogen-bond acceptors (Lipinski definition) is 1. The average Bonchev–Trinajstić information content (AvgIpc) is 2.83. The molecule has 0 fully saturated rings. The van der Waals surface area contributed by atoms with Crippen LogP contribution in [0.25, 0.3) is 16.9 Å². The first-order valence-corrected chi connectivity index (χ1v) is 5.93. The van der Waals surface area contributed by atoms with Crippen molar-refractivity contribution in [3.63, 3.8) is 0 Å². The van der Waals surface area contributed by atoms with Crippen LogP contribution in [0.15, 0.2) is 60.8 Å². The van der Waals surface area contributed by atoms with Crippen molar-refractivity contribution in [2.75, 3.05) is 0 Å². The van der Waals surface area contributed by atoms with Crippen LogP contribution in [-0.2, 0) is 20.1 Å². The van der Waals surface area contributed by atoms with E-state index in [1.165, 1.54) is 5.56 Å². The van der Waals surface area contributed by atoms with Crippen molar-refractivity contribution in [3.05, 3.63) is 72.4 Å². The minimum Gasteiger partial charge on any atom is -0.265 e. The predicted molar refractivity (Wildman–Crippen MR) is 72.6 cm³/mol. The zero-order chi connectivity index (χ0) is 12.4. The molecule has 0 N–H and O–H groups in total. The molecule has 1 radical (unpaired) electrons. The van der Waals surface area contributed by atoms with E-state index in [9.17, 15) is 0 Å². The summed E-state index contributed by atoms with van der Waals surface area (Å²) in [4.78, 5) is 0.